The lowest BCUT2D eigenvalue weighted by Crippen LogP contribution is -2.58. The highest BCUT2D eigenvalue weighted by molar-refractivity contribution is 5.88. The minimum Gasteiger partial charge on any atom is -0.507 e. The topological polar surface area (TPSA) is 190 Å². The van der Waals surface area contributed by atoms with Crippen molar-refractivity contribution in [3.05, 3.63) is 40.6 Å². The van der Waals surface area contributed by atoms with Gasteiger partial charge in [0.2, 0.25) is 17.5 Å². The highest BCUT2D eigenvalue weighted by atomic mass is 16.7. The van der Waals surface area contributed by atoms with Gasteiger partial charge in [-0.2, -0.15) is 0 Å². The fraction of sp³-hybridized carbons (Fsp3) is 0.286. The zero-order chi connectivity index (χ0) is 23.3. The molecule has 0 aliphatic carbocycles. The van der Waals surface area contributed by atoms with E-state index in [-0.39, 0.29) is 28.0 Å². The lowest BCUT2D eigenvalue weighted by Gasteiger charge is -2.38. The standard InChI is InChI=1S/C21H20O11/c1-7-15(25)17(27)19(29)21(30-7)31-9-5-12(24)14-13(6-9)32-20(18(28)16(14)26)8-2-3-10(22)11(23)4-8/h2-7,15,17,19,21-25,27-29H,1H3/t7-,15+,17-,19-,21-/m0/s1. The Balaban J connectivity index is 1.78. The minimum atomic E-state index is -1.61. The third-order valence-electron chi connectivity index (χ3n) is 5.22. The summed E-state index contributed by atoms with van der Waals surface area (Å²) in [7, 11) is 0. The normalized spacial score (nSPS) is 25.7. The van der Waals surface area contributed by atoms with Crippen LogP contribution in [0.15, 0.2) is 39.5 Å². The molecule has 11 nitrogen and oxygen atoms in total. The van der Waals surface area contributed by atoms with Crippen LogP contribution in [-0.4, -0.2) is 66.5 Å². The van der Waals surface area contributed by atoms with Crippen molar-refractivity contribution in [2.45, 2.75) is 37.6 Å². The second kappa shape index (κ2) is 7.88. The van der Waals surface area contributed by atoms with Crippen LogP contribution in [-0.2, 0) is 4.74 Å². The number of hydrogen-bond donors (Lipinski definition) is 7. The maximum absolute atomic E-state index is 12.6. The van der Waals surface area contributed by atoms with Gasteiger partial charge in [0, 0.05) is 17.7 Å². The van der Waals surface area contributed by atoms with Crippen LogP contribution < -0.4 is 10.2 Å². The molecule has 32 heavy (non-hydrogen) atoms. The Morgan fingerprint density at radius 1 is 0.875 bits per heavy atom. The minimum absolute atomic E-state index is 0.0691. The first-order valence-electron chi connectivity index (χ1n) is 9.50. The van der Waals surface area contributed by atoms with Gasteiger partial charge < -0.3 is 49.6 Å². The summed E-state index contributed by atoms with van der Waals surface area (Å²) in [5.41, 5.74) is -1.09. The molecule has 0 spiro atoms. The van der Waals surface area contributed by atoms with Gasteiger partial charge in [-0.3, -0.25) is 4.79 Å². The summed E-state index contributed by atoms with van der Waals surface area (Å²) in [6, 6.07) is 5.72. The van der Waals surface area contributed by atoms with Gasteiger partial charge in [0.1, 0.15) is 40.8 Å². The first kappa shape index (κ1) is 21.7. The smallest absolute Gasteiger partial charge is 0.238 e. The summed E-state index contributed by atoms with van der Waals surface area (Å²) in [6.07, 6.45) is -6.75. The van der Waals surface area contributed by atoms with Crippen molar-refractivity contribution in [1.82, 2.24) is 0 Å². The number of rotatable bonds is 3. The predicted molar refractivity (Wildman–Crippen MR) is 108 cm³/mol. The van der Waals surface area contributed by atoms with E-state index in [1.54, 1.807) is 0 Å². The van der Waals surface area contributed by atoms with E-state index in [4.69, 9.17) is 13.9 Å². The number of fused-ring (bicyclic) bond motifs is 1. The number of benzene rings is 2. The van der Waals surface area contributed by atoms with E-state index in [0.29, 0.717) is 0 Å². The molecule has 0 bridgehead atoms. The van der Waals surface area contributed by atoms with E-state index in [0.717, 1.165) is 18.2 Å². The van der Waals surface area contributed by atoms with Crippen molar-refractivity contribution in [3.8, 4) is 40.1 Å². The quantitative estimate of drug-likeness (QED) is 0.276. The highest BCUT2D eigenvalue weighted by Gasteiger charge is 2.43. The molecule has 0 saturated carbocycles. The summed E-state index contributed by atoms with van der Waals surface area (Å²) in [5, 5.41) is 69.3. The van der Waals surface area contributed by atoms with Crippen molar-refractivity contribution < 1.29 is 49.6 Å². The van der Waals surface area contributed by atoms with Crippen molar-refractivity contribution in [3.63, 3.8) is 0 Å². The fourth-order valence-electron chi connectivity index (χ4n) is 3.44. The molecule has 170 valence electrons. The summed E-state index contributed by atoms with van der Waals surface area (Å²) in [6.45, 7) is 1.47. The second-order valence-corrected chi connectivity index (χ2v) is 7.43. The highest BCUT2D eigenvalue weighted by Crippen LogP contribution is 2.38. The van der Waals surface area contributed by atoms with E-state index in [2.05, 4.69) is 0 Å². The van der Waals surface area contributed by atoms with E-state index < -0.39 is 59.1 Å². The van der Waals surface area contributed by atoms with E-state index in [1.807, 2.05) is 0 Å². The lowest BCUT2D eigenvalue weighted by atomic mass is 10.00. The molecule has 5 atom stereocenters. The number of phenolic OH excluding ortho intramolecular Hbond substituents is 3. The number of phenols is 3. The summed E-state index contributed by atoms with van der Waals surface area (Å²) < 4.78 is 16.4. The Hall–Kier alpha value is -3.51. The molecule has 1 saturated heterocycles. The second-order valence-electron chi connectivity index (χ2n) is 7.43. The molecule has 0 radical (unpaired) electrons. The monoisotopic (exact) mass is 448 g/mol. The molecule has 7 N–H and O–H groups in total. The first-order chi connectivity index (χ1) is 15.1. The maximum atomic E-state index is 12.6. The number of aliphatic hydroxyl groups excluding tert-OH is 3. The number of hydrogen-bond acceptors (Lipinski definition) is 11. The molecule has 2 heterocycles. The fourth-order valence-corrected chi connectivity index (χ4v) is 3.44. The molecular formula is C21H20O11. The van der Waals surface area contributed by atoms with Crippen LogP contribution in [0, 0.1) is 0 Å². The average Bonchev–Trinajstić information content (AvgIpc) is 2.74. The lowest BCUT2D eigenvalue weighted by molar-refractivity contribution is -0.268. The molecule has 1 aliphatic rings. The van der Waals surface area contributed by atoms with Gasteiger partial charge in [-0.15, -0.1) is 0 Å². The van der Waals surface area contributed by atoms with Crippen molar-refractivity contribution in [2.24, 2.45) is 0 Å². The van der Waals surface area contributed by atoms with E-state index in [1.165, 1.54) is 19.1 Å². The summed E-state index contributed by atoms with van der Waals surface area (Å²) in [4.78, 5) is 12.6. The van der Waals surface area contributed by atoms with Crippen LogP contribution in [0.5, 0.6) is 28.7 Å². The molecule has 1 aromatic heterocycles. The Morgan fingerprint density at radius 2 is 1.59 bits per heavy atom. The van der Waals surface area contributed by atoms with Gasteiger partial charge in [-0.1, -0.05) is 0 Å². The van der Waals surface area contributed by atoms with Crippen LogP contribution in [0.25, 0.3) is 22.3 Å². The molecule has 2 aromatic carbocycles. The third kappa shape index (κ3) is 3.56. The van der Waals surface area contributed by atoms with Gasteiger partial charge in [0.25, 0.3) is 0 Å². The zero-order valence-corrected chi connectivity index (χ0v) is 16.5. The van der Waals surface area contributed by atoms with Gasteiger partial charge in [-0.05, 0) is 25.1 Å². The van der Waals surface area contributed by atoms with Crippen LogP contribution in [0.2, 0.25) is 0 Å². The predicted octanol–water partition coefficient (Wildman–Crippen LogP) is 0.489. The maximum Gasteiger partial charge on any atom is 0.238 e. The Bertz CT molecular complexity index is 1230. The number of ether oxygens (including phenoxy) is 2. The third-order valence-corrected chi connectivity index (χ3v) is 5.22. The average molecular weight is 448 g/mol. The van der Waals surface area contributed by atoms with Crippen LogP contribution in [0.1, 0.15) is 6.92 Å². The SMILES string of the molecule is C[C@@H]1O[C@@H](Oc2cc(O)c3c(=O)c(O)c(-c4ccc(O)c(O)c4)oc3c2)[C@@H](O)[C@@H](O)[C@@H]1O. The molecule has 1 aliphatic heterocycles. The van der Waals surface area contributed by atoms with E-state index in [9.17, 15) is 40.5 Å². The number of aliphatic hydroxyl groups is 3. The van der Waals surface area contributed by atoms with Crippen molar-refractivity contribution in [2.75, 3.05) is 0 Å². The van der Waals surface area contributed by atoms with Gasteiger partial charge in [0.15, 0.2) is 17.3 Å². The van der Waals surface area contributed by atoms with Gasteiger partial charge >= 0.3 is 0 Å². The van der Waals surface area contributed by atoms with E-state index >= 15 is 0 Å². The molecular weight excluding hydrogens is 428 g/mol. The van der Waals surface area contributed by atoms with Gasteiger partial charge in [-0.25, -0.2) is 0 Å². The Morgan fingerprint density at radius 3 is 2.28 bits per heavy atom. The summed E-state index contributed by atoms with van der Waals surface area (Å²) >= 11 is 0. The van der Waals surface area contributed by atoms with Gasteiger partial charge in [0.05, 0.1) is 6.10 Å². The molecule has 3 aromatic rings. The van der Waals surface area contributed by atoms with Crippen LogP contribution in [0.4, 0.5) is 0 Å². The largest absolute Gasteiger partial charge is 0.507 e. The summed E-state index contributed by atoms with van der Waals surface area (Å²) in [5.74, 6) is -2.80. The van der Waals surface area contributed by atoms with Crippen molar-refractivity contribution >= 4 is 11.0 Å². The number of aromatic hydroxyl groups is 4. The Labute approximate surface area is 179 Å². The van der Waals surface area contributed by atoms with Crippen LogP contribution >= 0.6 is 0 Å². The molecule has 0 amide bonds. The van der Waals surface area contributed by atoms with Crippen molar-refractivity contribution in [1.29, 1.82) is 0 Å². The molecule has 0 unspecified atom stereocenters. The molecule has 11 heteroatoms. The molecule has 1 fully saturated rings. The molecule has 4 rings (SSSR count). The Kier molecular flexibility index (Phi) is 5.34. The zero-order valence-electron chi connectivity index (χ0n) is 16.5. The van der Waals surface area contributed by atoms with Crippen LogP contribution in [0.3, 0.4) is 0 Å². The first-order valence-corrected chi connectivity index (χ1v) is 9.50.